The predicted molar refractivity (Wildman–Crippen MR) is 107 cm³/mol. The van der Waals surface area contributed by atoms with Crippen LogP contribution in [0.5, 0.6) is 0 Å². The van der Waals surface area contributed by atoms with Crippen LogP contribution in [0, 0.1) is 5.82 Å². The molecule has 0 unspecified atom stereocenters. The van der Waals surface area contributed by atoms with Gasteiger partial charge >= 0.3 is 0 Å². The van der Waals surface area contributed by atoms with Crippen molar-refractivity contribution >= 4 is 32.2 Å². The Morgan fingerprint density at radius 2 is 1.56 bits per heavy atom. The first kappa shape index (κ1) is 19.3. The lowest BCUT2D eigenvalue weighted by atomic mass is 10.1. The summed E-state index contributed by atoms with van der Waals surface area (Å²) in [5.41, 5.74) is 0.706. The first-order chi connectivity index (χ1) is 13.1. The smallest absolute Gasteiger partial charge is 0.271 e. The molecular formula is C21H20BrFN2O2. The van der Waals surface area contributed by atoms with Gasteiger partial charge < -0.3 is 10.2 Å². The van der Waals surface area contributed by atoms with Crippen LogP contribution < -0.4 is 5.32 Å². The Kier molecular flexibility index (Phi) is 6.40. The van der Waals surface area contributed by atoms with Gasteiger partial charge in [0.1, 0.15) is 11.5 Å². The quantitative estimate of drug-likeness (QED) is 0.733. The molecular weight excluding hydrogens is 411 g/mol. The number of carbonyl (C=O) groups excluding carboxylic acids is 2. The van der Waals surface area contributed by atoms with Gasteiger partial charge in [0, 0.05) is 24.2 Å². The number of piperidine rings is 1. The maximum Gasteiger partial charge on any atom is 0.271 e. The van der Waals surface area contributed by atoms with Gasteiger partial charge in [0.25, 0.3) is 11.8 Å². The number of likely N-dealkylation sites (tertiary alicyclic amines) is 1. The molecule has 0 atom stereocenters. The molecule has 4 nitrogen and oxygen atoms in total. The van der Waals surface area contributed by atoms with Crippen LogP contribution in [-0.4, -0.2) is 29.8 Å². The van der Waals surface area contributed by atoms with E-state index in [0.717, 1.165) is 19.3 Å². The van der Waals surface area contributed by atoms with Crippen LogP contribution in [0.3, 0.4) is 0 Å². The summed E-state index contributed by atoms with van der Waals surface area (Å²) in [5.74, 6) is -1.19. The summed E-state index contributed by atoms with van der Waals surface area (Å²) in [5, 5.41) is 2.69. The number of hydrogen-bond acceptors (Lipinski definition) is 2. The van der Waals surface area contributed by atoms with Crippen LogP contribution >= 0.6 is 15.9 Å². The van der Waals surface area contributed by atoms with E-state index in [0.29, 0.717) is 18.7 Å². The van der Waals surface area contributed by atoms with Gasteiger partial charge in [-0.15, -0.1) is 0 Å². The molecule has 1 saturated heterocycles. The van der Waals surface area contributed by atoms with Crippen molar-refractivity contribution in [3.63, 3.8) is 0 Å². The van der Waals surface area contributed by atoms with E-state index in [2.05, 4.69) is 21.2 Å². The molecule has 0 radical (unpaired) electrons. The first-order valence-electron chi connectivity index (χ1n) is 8.88. The molecule has 0 aromatic heterocycles. The zero-order valence-corrected chi connectivity index (χ0v) is 16.3. The topological polar surface area (TPSA) is 49.4 Å². The molecule has 3 rings (SSSR count). The Labute approximate surface area is 166 Å². The van der Waals surface area contributed by atoms with E-state index in [9.17, 15) is 14.0 Å². The summed E-state index contributed by atoms with van der Waals surface area (Å²) in [6.45, 7) is 1.25. The van der Waals surface area contributed by atoms with Gasteiger partial charge in [-0.25, -0.2) is 4.39 Å². The van der Waals surface area contributed by atoms with Crippen LogP contribution in [0.25, 0.3) is 4.48 Å². The number of rotatable bonds is 4. The molecule has 1 aliphatic rings. The monoisotopic (exact) mass is 430 g/mol. The number of nitrogens with one attached hydrogen (secondary N) is 1. The molecule has 1 heterocycles. The molecule has 0 bridgehead atoms. The average Bonchev–Trinajstić information content (AvgIpc) is 2.72. The van der Waals surface area contributed by atoms with E-state index in [4.69, 9.17) is 0 Å². The normalized spacial score (nSPS) is 15.1. The Balaban J connectivity index is 1.98. The number of nitrogens with zero attached hydrogens (tertiary/aromatic N) is 1. The van der Waals surface area contributed by atoms with Crippen LogP contribution in [-0.2, 0) is 4.79 Å². The molecule has 140 valence electrons. The minimum atomic E-state index is -0.470. The molecule has 2 aromatic rings. The van der Waals surface area contributed by atoms with Crippen molar-refractivity contribution in [2.24, 2.45) is 0 Å². The number of benzene rings is 2. The second kappa shape index (κ2) is 8.95. The van der Waals surface area contributed by atoms with E-state index in [1.165, 1.54) is 6.07 Å². The van der Waals surface area contributed by atoms with Gasteiger partial charge in [-0.1, -0.05) is 36.4 Å². The number of hydrogen-bond donors (Lipinski definition) is 1. The fraction of sp³-hybridized carbons (Fsp3) is 0.238. The average molecular weight is 431 g/mol. The van der Waals surface area contributed by atoms with Gasteiger partial charge in [-0.05, 0) is 53.4 Å². The lowest BCUT2D eigenvalue weighted by Gasteiger charge is -2.28. The summed E-state index contributed by atoms with van der Waals surface area (Å²) < 4.78 is 14.5. The highest BCUT2D eigenvalue weighted by Crippen LogP contribution is 2.28. The molecule has 1 aliphatic heterocycles. The molecule has 2 aromatic carbocycles. The SMILES string of the molecule is O=C(NC(C(=O)N1CCCCC1)=C(Br)c1ccccc1F)c1ccccc1. The number of carbonyl (C=O) groups is 2. The Morgan fingerprint density at radius 1 is 0.926 bits per heavy atom. The molecule has 0 spiro atoms. The second-order valence-electron chi connectivity index (χ2n) is 6.34. The van der Waals surface area contributed by atoms with Crippen LogP contribution in [0.15, 0.2) is 60.3 Å². The third kappa shape index (κ3) is 4.63. The zero-order valence-electron chi connectivity index (χ0n) is 14.8. The number of halogens is 2. The van der Waals surface area contributed by atoms with E-state index in [1.54, 1.807) is 47.4 Å². The lowest BCUT2D eigenvalue weighted by Crippen LogP contribution is -2.41. The second-order valence-corrected chi connectivity index (χ2v) is 7.13. The van der Waals surface area contributed by atoms with E-state index in [1.807, 2.05) is 6.07 Å². The van der Waals surface area contributed by atoms with Crippen molar-refractivity contribution in [3.8, 4) is 0 Å². The van der Waals surface area contributed by atoms with E-state index >= 15 is 0 Å². The highest BCUT2D eigenvalue weighted by molar-refractivity contribution is 9.15. The zero-order chi connectivity index (χ0) is 19.2. The first-order valence-corrected chi connectivity index (χ1v) is 9.67. The highest BCUT2D eigenvalue weighted by Gasteiger charge is 2.26. The standard InChI is InChI=1S/C21H20BrFN2O2/c22-18(16-11-5-6-12-17(16)23)19(21(27)25-13-7-2-8-14-25)24-20(26)15-9-3-1-4-10-15/h1,3-6,9-12H,2,7-8,13-14H2,(H,24,26). The van der Waals surface area contributed by atoms with E-state index < -0.39 is 11.7 Å². The van der Waals surface area contributed by atoms with Crippen molar-refractivity contribution in [3.05, 3.63) is 77.2 Å². The predicted octanol–water partition coefficient (Wildman–Crippen LogP) is 4.33. The van der Waals surface area contributed by atoms with Gasteiger partial charge in [0.15, 0.2) is 0 Å². The van der Waals surface area contributed by atoms with Gasteiger partial charge in [-0.3, -0.25) is 9.59 Å². The van der Waals surface area contributed by atoms with Crippen molar-refractivity contribution in [1.29, 1.82) is 0 Å². The molecule has 2 amide bonds. The molecule has 27 heavy (non-hydrogen) atoms. The minimum Gasteiger partial charge on any atom is -0.337 e. The fourth-order valence-corrected chi connectivity index (χ4v) is 3.60. The van der Waals surface area contributed by atoms with Gasteiger partial charge in [0.2, 0.25) is 0 Å². The van der Waals surface area contributed by atoms with Crippen molar-refractivity contribution in [2.45, 2.75) is 19.3 Å². The maximum atomic E-state index is 14.3. The molecule has 1 N–H and O–H groups in total. The number of amides is 2. The summed E-state index contributed by atoms with van der Waals surface area (Å²) in [6, 6.07) is 14.8. The molecule has 0 aliphatic carbocycles. The Bertz CT molecular complexity index is 861. The fourth-order valence-electron chi connectivity index (χ4n) is 3.01. The van der Waals surface area contributed by atoms with Crippen molar-refractivity contribution < 1.29 is 14.0 Å². The minimum absolute atomic E-state index is 0.0517. The van der Waals surface area contributed by atoms with Gasteiger partial charge in [-0.2, -0.15) is 0 Å². The van der Waals surface area contributed by atoms with Crippen molar-refractivity contribution in [2.75, 3.05) is 13.1 Å². The summed E-state index contributed by atoms with van der Waals surface area (Å²) in [7, 11) is 0. The Morgan fingerprint density at radius 3 is 2.22 bits per heavy atom. The van der Waals surface area contributed by atoms with E-state index in [-0.39, 0.29) is 21.7 Å². The van der Waals surface area contributed by atoms with Crippen LogP contribution in [0.1, 0.15) is 35.2 Å². The van der Waals surface area contributed by atoms with Crippen LogP contribution in [0.4, 0.5) is 4.39 Å². The third-order valence-corrected chi connectivity index (χ3v) is 5.29. The third-order valence-electron chi connectivity index (χ3n) is 4.46. The largest absolute Gasteiger partial charge is 0.337 e. The molecule has 0 saturated carbocycles. The summed E-state index contributed by atoms with van der Waals surface area (Å²) in [6.07, 6.45) is 2.92. The lowest BCUT2D eigenvalue weighted by molar-refractivity contribution is -0.128. The maximum absolute atomic E-state index is 14.3. The summed E-state index contributed by atoms with van der Waals surface area (Å²) in [4.78, 5) is 27.4. The van der Waals surface area contributed by atoms with Gasteiger partial charge in [0.05, 0.1) is 4.48 Å². The Hall–Kier alpha value is -2.47. The highest BCUT2D eigenvalue weighted by atomic mass is 79.9. The van der Waals surface area contributed by atoms with Crippen LogP contribution in [0.2, 0.25) is 0 Å². The summed E-state index contributed by atoms with van der Waals surface area (Å²) >= 11 is 3.35. The molecule has 1 fully saturated rings. The molecule has 6 heteroatoms. The van der Waals surface area contributed by atoms with Crippen molar-refractivity contribution in [1.82, 2.24) is 10.2 Å².